The Hall–Kier alpha value is -1.70. The van der Waals surface area contributed by atoms with E-state index >= 15 is 0 Å². The quantitative estimate of drug-likeness (QED) is 0.677. The summed E-state index contributed by atoms with van der Waals surface area (Å²) < 4.78 is 26.6. The molecular formula is C16H23N3O3S. The number of carbonyl (C=O) groups excluding carboxylic acids is 1. The molecule has 6 nitrogen and oxygen atoms in total. The van der Waals surface area contributed by atoms with E-state index in [4.69, 9.17) is 0 Å². The van der Waals surface area contributed by atoms with Gasteiger partial charge in [0, 0.05) is 24.7 Å². The van der Waals surface area contributed by atoms with Gasteiger partial charge in [0.05, 0.1) is 4.90 Å². The first kappa shape index (κ1) is 17.7. The average molecular weight is 337 g/mol. The highest BCUT2D eigenvalue weighted by atomic mass is 32.2. The van der Waals surface area contributed by atoms with Crippen LogP contribution < -0.4 is 15.4 Å². The Morgan fingerprint density at radius 3 is 2.52 bits per heavy atom. The fourth-order valence-electron chi connectivity index (χ4n) is 2.29. The van der Waals surface area contributed by atoms with E-state index in [1.807, 2.05) is 0 Å². The summed E-state index contributed by atoms with van der Waals surface area (Å²) in [5.74, 6) is -0.204. The molecule has 23 heavy (non-hydrogen) atoms. The maximum absolute atomic E-state index is 12.1. The summed E-state index contributed by atoms with van der Waals surface area (Å²) in [7, 11) is -3.53. The molecule has 0 radical (unpaired) electrons. The van der Waals surface area contributed by atoms with E-state index in [9.17, 15) is 13.2 Å². The van der Waals surface area contributed by atoms with Gasteiger partial charge in [-0.15, -0.1) is 0 Å². The second-order valence-corrected chi connectivity index (χ2v) is 7.51. The SMILES string of the molecule is CC(C)NS(=O)(=O)c1ccc(C(=O)NCC2=CCNCC2)cc1. The van der Waals surface area contributed by atoms with E-state index in [2.05, 4.69) is 21.4 Å². The lowest BCUT2D eigenvalue weighted by Crippen LogP contribution is -2.30. The lowest BCUT2D eigenvalue weighted by molar-refractivity contribution is 0.0956. The average Bonchev–Trinajstić information content (AvgIpc) is 2.52. The molecule has 0 bridgehead atoms. The minimum atomic E-state index is -3.53. The predicted molar refractivity (Wildman–Crippen MR) is 89.8 cm³/mol. The van der Waals surface area contributed by atoms with Gasteiger partial charge in [0.15, 0.2) is 0 Å². The first-order chi connectivity index (χ1) is 10.9. The number of rotatable bonds is 6. The smallest absolute Gasteiger partial charge is 0.251 e. The Morgan fingerprint density at radius 2 is 1.96 bits per heavy atom. The third-order valence-electron chi connectivity index (χ3n) is 3.45. The molecule has 2 rings (SSSR count). The van der Waals surface area contributed by atoms with Gasteiger partial charge < -0.3 is 10.6 Å². The predicted octanol–water partition coefficient (Wildman–Crippen LogP) is 1.02. The summed E-state index contributed by atoms with van der Waals surface area (Å²) in [6, 6.07) is 5.77. The van der Waals surface area contributed by atoms with Crippen molar-refractivity contribution >= 4 is 15.9 Å². The molecule has 0 saturated heterocycles. The van der Waals surface area contributed by atoms with E-state index in [0.29, 0.717) is 12.1 Å². The van der Waals surface area contributed by atoms with Crippen LogP contribution in [0.2, 0.25) is 0 Å². The molecule has 7 heteroatoms. The summed E-state index contributed by atoms with van der Waals surface area (Å²) in [6.07, 6.45) is 3.01. The number of benzene rings is 1. The van der Waals surface area contributed by atoms with Crippen molar-refractivity contribution < 1.29 is 13.2 Å². The second-order valence-electron chi connectivity index (χ2n) is 5.80. The van der Waals surface area contributed by atoms with E-state index in [1.54, 1.807) is 13.8 Å². The largest absolute Gasteiger partial charge is 0.348 e. The van der Waals surface area contributed by atoms with Gasteiger partial charge in [-0.05, 0) is 51.1 Å². The maximum atomic E-state index is 12.1. The van der Waals surface area contributed by atoms with Gasteiger partial charge in [-0.1, -0.05) is 11.6 Å². The highest BCUT2D eigenvalue weighted by molar-refractivity contribution is 7.89. The van der Waals surface area contributed by atoms with Gasteiger partial charge in [0.25, 0.3) is 5.91 Å². The summed E-state index contributed by atoms with van der Waals surface area (Å²) in [5.41, 5.74) is 1.65. The fourth-order valence-corrected chi connectivity index (χ4v) is 3.54. The van der Waals surface area contributed by atoms with Crippen molar-refractivity contribution in [1.29, 1.82) is 0 Å². The molecule has 126 valence electrons. The van der Waals surface area contributed by atoms with Crippen LogP contribution in [-0.2, 0) is 10.0 Å². The van der Waals surface area contributed by atoms with Crippen LogP contribution in [-0.4, -0.2) is 40.0 Å². The van der Waals surface area contributed by atoms with Crippen molar-refractivity contribution in [3.63, 3.8) is 0 Å². The summed E-state index contributed by atoms with van der Waals surface area (Å²) in [5, 5.41) is 6.07. The number of nitrogens with one attached hydrogen (secondary N) is 3. The van der Waals surface area contributed by atoms with Crippen LogP contribution in [0.15, 0.2) is 40.8 Å². The minimum Gasteiger partial charge on any atom is -0.348 e. The molecule has 1 aliphatic rings. The fraction of sp³-hybridized carbons (Fsp3) is 0.438. The lowest BCUT2D eigenvalue weighted by Gasteiger charge is -2.14. The number of amides is 1. The zero-order chi connectivity index (χ0) is 16.9. The number of hydrogen-bond acceptors (Lipinski definition) is 4. The molecule has 1 aromatic carbocycles. The third kappa shape index (κ3) is 5.16. The summed E-state index contributed by atoms with van der Waals surface area (Å²) >= 11 is 0. The topological polar surface area (TPSA) is 87.3 Å². The van der Waals surface area contributed by atoms with Crippen LogP contribution in [0, 0.1) is 0 Å². The number of hydrogen-bond donors (Lipinski definition) is 3. The van der Waals surface area contributed by atoms with E-state index in [1.165, 1.54) is 29.8 Å². The van der Waals surface area contributed by atoms with Crippen LogP contribution in [0.5, 0.6) is 0 Å². The molecule has 0 fully saturated rings. The Balaban J connectivity index is 1.98. The molecule has 1 aliphatic heterocycles. The number of carbonyl (C=O) groups is 1. The molecule has 0 aromatic heterocycles. The Morgan fingerprint density at radius 1 is 1.26 bits per heavy atom. The molecular weight excluding hydrogens is 314 g/mol. The van der Waals surface area contributed by atoms with Crippen molar-refractivity contribution in [2.24, 2.45) is 0 Å². The van der Waals surface area contributed by atoms with Crippen LogP contribution in [0.1, 0.15) is 30.6 Å². The van der Waals surface area contributed by atoms with E-state index in [-0.39, 0.29) is 16.8 Å². The molecule has 0 spiro atoms. The first-order valence-electron chi connectivity index (χ1n) is 7.68. The highest BCUT2D eigenvalue weighted by Gasteiger charge is 2.16. The monoisotopic (exact) mass is 337 g/mol. The molecule has 0 saturated carbocycles. The first-order valence-corrected chi connectivity index (χ1v) is 9.16. The maximum Gasteiger partial charge on any atom is 0.251 e. The Bertz CT molecular complexity index is 679. The normalized spacial score (nSPS) is 15.3. The van der Waals surface area contributed by atoms with Crippen molar-refractivity contribution in [1.82, 2.24) is 15.4 Å². The molecule has 1 aromatic rings. The van der Waals surface area contributed by atoms with Crippen LogP contribution >= 0.6 is 0 Å². The molecule has 0 unspecified atom stereocenters. The standard InChI is InChI=1S/C16H23N3O3S/c1-12(2)19-23(21,22)15-5-3-14(4-6-15)16(20)18-11-13-7-9-17-10-8-13/h3-7,12,17,19H,8-11H2,1-2H3,(H,18,20). The zero-order valence-electron chi connectivity index (χ0n) is 13.4. The number of sulfonamides is 1. The van der Waals surface area contributed by atoms with Gasteiger partial charge in [-0.2, -0.15) is 0 Å². The van der Waals surface area contributed by atoms with E-state index in [0.717, 1.165) is 19.5 Å². The summed E-state index contributed by atoms with van der Waals surface area (Å²) in [4.78, 5) is 12.3. The van der Waals surface area contributed by atoms with Crippen molar-refractivity contribution in [3.8, 4) is 0 Å². The van der Waals surface area contributed by atoms with Crippen LogP contribution in [0.3, 0.4) is 0 Å². The third-order valence-corrected chi connectivity index (χ3v) is 5.13. The minimum absolute atomic E-state index is 0.156. The zero-order valence-corrected chi connectivity index (χ0v) is 14.2. The lowest BCUT2D eigenvalue weighted by atomic mass is 10.1. The van der Waals surface area contributed by atoms with Gasteiger partial charge in [-0.3, -0.25) is 4.79 Å². The molecule has 0 aliphatic carbocycles. The van der Waals surface area contributed by atoms with Gasteiger partial charge >= 0.3 is 0 Å². The van der Waals surface area contributed by atoms with Gasteiger partial charge in [0.1, 0.15) is 0 Å². The van der Waals surface area contributed by atoms with Crippen LogP contribution in [0.4, 0.5) is 0 Å². The second kappa shape index (κ2) is 7.72. The highest BCUT2D eigenvalue weighted by Crippen LogP contribution is 2.11. The Kier molecular flexibility index (Phi) is 5.92. The van der Waals surface area contributed by atoms with Crippen LogP contribution in [0.25, 0.3) is 0 Å². The van der Waals surface area contributed by atoms with Gasteiger partial charge in [-0.25, -0.2) is 13.1 Å². The summed E-state index contributed by atoms with van der Waals surface area (Å²) in [6.45, 7) is 5.80. The molecule has 3 N–H and O–H groups in total. The molecule has 1 heterocycles. The van der Waals surface area contributed by atoms with Crippen molar-refractivity contribution in [2.45, 2.75) is 31.2 Å². The molecule has 0 atom stereocenters. The van der Waals surface area contributed by atoms with Gasteiger partial charge in [0.2, 0.25) is 10.0 Å². The molecule has 1 amide bonds. The van der Waals surface area contributed by atoms with Crippen molar-refractivity contribution in [3.05, 3.63) is 41.5 Å². The Labute approximate surface area is 137 Å². The van der Waals surface area contributed by atoms with E-state index < -0.39 is 10.0 Å². The van der Waals surface area contributed by atoms with Crippen molar-refractivity contribution in [2.75, 3.05) is 19.6 Å².